The van der Waals surface area contributed by atoms with Gasteiger partial charge in [-0.3, -0.25) is 4.68 Å². The molecule has 106 valence electrons. The highest BCUT2D eigenvalue weighted by molar-refractivity contribution is 5.68. The predicted octanol–water partition coefficient (Wildman–Crippen LogP) is 2.19. The van der Waals surface area contributed by atoms with Crippen LogP contribution in [0.4, 0.5) is 4.79 Å². The number of rotatable bonds is 1. The van der Waals surface area contributed by atoms with Crippen LogP contribution in [0.1, 0.15) is 44.9 Å². The lowest BCUT2D eigenvalue weighted by Crippen LogP contribution is -2.40. The van der Waals surface area contributed by atoms with Crippen LogP contribution in [0.2, 0.25) is 0 Å². The summed E-state index contributed by atoms with van der Waals surface area (Å²) in [6.07, 6.45) is 5.52. The lowest BCUT2D eigenvalue weighted by Gasteiger charge is -2.23. The maximum absolute atomic E-state index is 11.8. The van der Waals surface area contributed by atoms with Crippen LogP contribution in [-0.4, -0.2) is 27.5 Å². The van der Waals surface area contributed by atoms with E-state index in [-0.39, 0.29) is 12.1 Å². The van der Waals surface area contributed by atoms with Crippen LogP contribution in [0, 0.1) is 0 Å². The number of ether oxygens (including phenoxy) is 1. The molecule has 1 aliphatic carbocycles. The maximum atomic E-state index is 11.8. The van der Waals surface area contributed by atoms with Crippen molar-refractivity contribution in [3.8, 4) is 0 Å². The van der Waals surface area contributed by atoms with Crippen molar-refractivity contribution in [2.45, 2.75) is 58.1 Å². The summed E-state index contributed by atoms with van der Waals surface area (Å²) in [5, 5.41) is 7.26. The summed E-state index contributed by atoms with van der Waals surface area (Å²) in [5.74, 6) is 0. The van der Waals surface area contributed by atoms with Gasteiger partial charge in [-0.25, -0.2) is 4.79 Å². The van der Waals surface area contributed by atoms with Gasteiger partial charge in [0, 0.05) is 25.2 Å². The number of fused-ring (bicyclic) bond motifs is 1. The lowest BCUT2D eigenvalue weighted by molar-refractivity contribution is 0.0501. The third kappa shape index (κ3) is 3.72. The molecule has 1 atom stereocenters. The molecule has 0 aromatic carbocycles. The Hall–Kier alpha value is -1.52. The quantitative estimate of drug-likeness (QED) is 0.792. The first kappa shape index (κ1) is 13.9. The first-order valence-corrected chi connectivity index (χ1v) is 6.84. The molecule has 0 radical (unpaired) electrons. The van der Waals surface area contributed by atoms with E-state index in [1.54, 1.807) is 0 Å². The van der Waals surface area contributed by atoms with Gasteiger partial charge < -0.3 is 10.1 Å². The molecule has 1 aromatic heterocycles. The van der Waals surface area contributed by atoms with E-state index in [9.17, 15) is 4.79 Å². The van der Waals surface area contributed by atoms with Gasteiger partial charge in [0.25, 0.3) is 0 Å². The first-order chi connectivity index (χ1) is 8.85. The standard InChI is InChI=1S/C14H23N3O2/c1-14(2,3)19-13(18)16-11-7-5-6-10-9-15-17(4)12(10)8-11/h9,11H,5-8H2,1-4H3,(H,16,18)/t11-/m1/s1. The number of hydrogen-bond donors (Lipinski definition) is 1. The minimum absolute atomic E-state index is 0.131. The van der Waals surface area contributed by atoms with Gasteiger partial charge in [-0.2, -0.15) is 5.10 Å². The van der Waals surface area contributed by atoms with Gasteiger partial charge in [0.1, 0.15) is 5.60 Å². The molecule has 2 rings (SSSR count). The molecule has 0 bridgehead atoms. The fraction of sp³-hybridized carbons (Fsp3) is 0.714. The molecule has 5 heteroatoms. The minimum Gasteiger partial charge on any atom is -0.444 e. The Balaban J connectivity index is 1.99. The first-order valence-electron chi connectivity index (χ1n) is 6.84. The summed E-state index contributed by atoms with van der Waals surface area (Å²) in [7, 11) is 1.95. The summed E-state index contributed by atoms with van der Waals surface area (Å²) >= 11 is 0. The SMILES string of the molecule is Cn1ncc2c1C[C@H](NC(=O)OC(C)(C)C)CCC2. The summed E-state index contributed by atoms with van der Waals surface area (Å²) in [5.41, 5.74) is 2.07. The van der Waals surface area contributed by atoms with Crippen molar-refractivity contribution in [3.05, 3.63) is 17.5 Å². The van der Waals surface area contributed by atoms with Crippen LogP contribution in [0.3, 0.4) is 0 Å². The molecule has 1 N–H and O–H groups in total. The third-order valence-corrected chi connectivity index (χ3v) is 3.31. The second kappa shape index (κ2) is 5.23. The molecule has 1 heterocycles. The predicted molar refractivity (Wildman–Crippen MR) is 73.0 cm³/mol. The van der Waals surface area contributed by atoms with Crippen molar-refractivity contribution in [3.63, 3.8) is 0 Å². The van der Waals surface area contributed by atoms with Crippen LogP contribution < -0.4 is 5.32 Å². The number of aryl methyl sites for hydroxylation is 2. The van der Waals surface area contributed by atoms with E-state index in [2.05, 4.69) is 10.4 Å². The summed E-state index contributed by atoms with van der Waals surface area (Å²) < 4.78 is 7.22. The third-order valence-electron chi connectivity index (χ3n) is 3.31. The highest BCUT2D eigenvalue weighted by atomic mass is 16.6. The molecular weight excluding hydrogens is 242 g/mol. The highest BCUT2D eigenvalue weighted by Crippen LogP contribution is 2.20. The molecule has 5 nitrogen and oxygen atoms in total. The number of amides is 1. The Labute approximate surface area is 114 Å². The van der Waals surface area contributed by atoms with Crippen LogP contribution in [0.25, 0.3) is 0 Å². The fourth-order valence-electron chi connectivity index (χ4n) is 2.45. The van der Waals surface area contributed by atoms with Crippen molar-refractivity contribution in [2.24, 2.45) is 7.05 Å². The largest absolute Gasteiger partial charge is 0.444 e. The van der Waals surface area contributed by atoms with E-state index in [4.69, 9.17) is 4.74 Å². The van der Waals surface area contributed by atoms with Gasteiger partial charge in [0.2, 0.25) is 0 Å². The van der Waals surface area contributed by atoms with Crippen molar-refractivity contribution >= 4 is 6.09 Å². The zero-order valence-electron chi connectivity index (χ0n) is 12.2. The molecule has 0 unspecified atom stereocenters. The normalized spacial score (nSPS) is 19.5. The van der Waals surface area contributed by atoms with Gasteiger partial charge in [-0.15, -0.1) is 0 Å². The van der Waals surface area contributed by atoms with Crippen molar-refractivity contribution in [2.75, 3.05) is 0 Å². The number of carbonyl (C=O) groups excluding carboxylic acids is 1. The molecule has 1 aliphatic rings. The van der Waals surface area contributed by atoms with Crippen LogP contribution >= 0.6 is 0 Å². The molecule has 1 amide bonds. The van der Waals surface area contributed by atoms with E-state index < -0.39 is 5.60 Å². The topological polar surface area (TPSA) is 56.2 Å². The Morgan fingerprint density at radius 1 is 1.53 bits per heavy atom. The van der Waals surface area contributed by atoms with Crippen LogP contribution in [0.15, 0.2) is 6.20 Å². The monoisotopic (exact) mass is 265 g/mol. The maximum Gasteiger partial charge on any atom is 0.407 e. The Morgan fingerprint density at radius 3 is 2.95 bits per heavy atom. The Morgan fingerprint density at radius 2 is 2.26 bits per heavy atom. The van der Waals surface area contributed by atoms with E-state index in [0.29, 0.717) is 0 Å². The molecule has 1 aromatic rings. The molecule has 0 fully saturated rings. The zero-order chi connectivity index (χ0) is 14.0. The van der Waals surface area contributed by atoms with Crippen molar-refractivity contribution in [1.82, 2.24) is 15.1 Å². The van der Waals surface area contributed by atoms with E-state index in [1.165, 1.54) is 11.3 Å². The molecule has 0 saturated carbocycles. The van der Waals surface area contributed by atoms with Gasteiger partial charge in [0.05, 0.1) is 6.20 Å². The Bertz CT molecular complexity index is 460. The van der Waals surface area contributed by atoms with E-state index >= 15 is 0 Å². The van der Waals surface area contributed by atoms with Crippen molar-refractivity contribution in [1.29, 1.82) is 0 Å². The summed E-state index contributed by atoms with van der Waals surface area (Å²) in [6, 6.07) is 0.131. The molecule has 0 spiro atoms. The lowest BCUT2D eigenvalue weighted by atomic mass is 10.1. The minimum atomic E-state index is -0.452. The van der Waals surface area contributed by atoms with Crippen LogP contribution in [0.5, 0.6) is 0 Å². The number of alkyl carbamates (subject to hydrolysis) is 1. The van der Waals surface area contributed by atoms with Gasteiger partial charge >= 0.3 is 6.09 Å². The average Bonchev–Trinajstić information content (AvgIpc) is 2.49. The number of hydrogen-bond acceptors (Lipinski definition) is 3. The second-order valence-electron chi connectivity index (χ2n) is 6.18. The zero-order valence-corrected chi connectivity index (χ0v) is 12.2. The molecule has 0 saturated heterocycles. The molecular formula is C14H23N3O2. The van der Waals surface area contributed by atoms with Gasteiger partial charge in [0.15, 0.2) is 0 Å². The van der Waals surface area contributed by atoms with Crippen LogP contribution in [-0.2, 0) is 24.6 Å². The number of aromatic nitrogens is 2. The average molecular weight is 265 g/mol. The number of carbonyl (C=O) groups is 1. The van der Waals surface area contributed by atoms with E-state index in [0.717, 1.165) is 25.7 Å². The van der Waals surface area contributed by atoms with E-state index in [1.807, 2.05) is 38.7 Å². The second-order valence-corrected chi connectivity index (χ2v) is 6.18. The van der Waals surface area contributed by atoms with Gasteiger partial charge in [-0.1, -0.05) is 0 Å². The van der Waals surface area contributed by atoms with Crippen molar-refractivity contribution < 1.29 is 9.53 Å². The Kier molecular flexibility index (Phi) is 3.83. The molecule has 19 heavy (non-hydrogen) atoms. The number of nitrogens with one attached hydrogen (secondary N) is 1. The summed E-state index contributed by atoms with van der Waals surface area (Å²) in [6.45, 7) is 5.62. The number of nitrogens with zero attached hydrogens (tertiary/aromatic N) is 2. The smallest absolute Gasteiger partial charge is 0.407 e. The summed E-state index contributed by atoms with van der Waals surface area (Å²) in [4.78, 5) is 11.8. The van der Waals surface area contributed by atoms with Gasteiger partial charge in [-0.05, 0) is 45.6 Å². The molecule has 0 aliphatic heterocycles. The highest BCUT2D eigenvalue weighted by Gasteiger charge is 2.23. The fourth-order valence-corrected chi connectivity index (χ4v) is 2.45.